The van der Waals surface area contributed by atoms with Crippen molar-refractivity contribution in [3.8, 4) is 0 Å². The number of halogens is 3. The molecule has 6 nitrogen and oxygen atoms in total. The third-order valence-electron chi connectivity index (χ3n) is 4.25. The monoisotopic (exact) mass is 347 g/mol. The molecule has 1 aliphatic heterocycles. The van der Waals surface area contributed by atoms with E-state index in [0.29, 0.717) is 26.3 Å². The molecule has 1 saturated carbocycles. The molecule has 2 fully saturated rings. The summed E-state index contributed by atoms with van der Waals surface area (Å²) < 4.78 is 45.2. The zero-order valence-corrected chi connectivity index (χ0v) is 13.1. The summed E-state index contributed by atoms with van der Waals surface area (Å²) in [5.74, 6) is -0.0191. The third kappa shape index (κ3) is 4.14. The van der Waals surface area contributed by atoms with E-state index in [-0.39, 0.29) is 24.7 Å². The van der Waals surface area contributed by atoms with Gasteiger partial charge in [0.05, 0.1) is 31.6 Å². The topological polar surface area (TPSA) is 67.6 Å². The molecule has 1 N–H and O–H groups in total. The van der Waals surface area contributed by atoms with Gasteiger partial charge in [-0.2, -0.15) is 18.3 Å². The van der Waals surface area contributed by atoms with Gasteiger partial charge in [0, 0.05) is 25.6 Å². The van der Waals surface area contributed by atoms with Crippen LogP contribution in [0.1, 0.15) is 30.0 Å². The SMILES string of the molecule is O=c1c(C(F)(F)F)cc(C2CC2)nn1C[C@H](O)CN1CCOCC1. The molecule has 0 bridgehead atoms. The van der Waals surface area contributed by atoms with Crippen molar-refractivity contribution in [1.29, 1.82) is 0 Å². The van der Waals surface area contributed by atoms with Gasteiger partial charge < -0.3 is 9.84 Å². The summed E-state index contributed by atoms with van der Waals surface area (Å²) in [5, 5.41) is 14.2. The molecule has 134 valence electrons. The number of aromatic nitrogens is 2. The standard InChI is InChI=1S/C15H20F3N3O3/c16-15(17,18)12-7-13(10-1-2-10)19-21(14(12)23)9-11(22)8-20-3-5-24-6-4-20/h7,10-11,22H,1-6,8-9H2/t11-/m1/s1. The van der Waals surface area contributed by atoms with Gasteiger partial charge in [-0.15, -0.1) is 0 Å². The summed E-state index contributed by atoms with van der Waals surface area (Å²) in [6.45, 7) is 2.43. The van der Waals surface area contributed by atoms with Gasteiger partial charge in [-0.05, 0) is 18.9 Å². The largest absolute Gasteiger partial charge is 0.421 e. The van der Waals surface area contributed by atoms with Crippen LogP contribution in [0.4, 0.5) is 13.2 Å². The Labute approximate surface area is 136 Å². The molecule has 0 spiro atoms. The molecule has 3 rings (SSSR count). The zero-order valence-electron chi connectivity index (χ0n) is 13.1. The van der Waals surface area contributed by atoms with Gasteiger partial charge >= 0.3 is 6.18 Å². The fourth-order valence-corrected chi connectivity index (χ4v) is 2.81. The van der Waals surface area contributed by atoms with Gasteiger partial charge in [0.15, 0.2) is 0 Å². The van der Waals surface area contributed by atoms with Gasteiger partial charge in [0.2, 0.25) is 0 Å². The predicted octanol–water partition coefficient (Wildman–Crippen LogP) is 0.833. The van der Waals surface area contributed by atoms with E-state index in [1.165, 1.54) is 0 Å². The normalized spacial score (nSPS) is 21.0. The minimum absolute atomic E-state index is 0.0191. The highest BCUT2D eigenvalue weighted by molar-refractivity contribution is 5.22. The summed E-state index contributed by atoms with van der Waals surface area (Å²) >= 11 is 0. The summed E-state index contributed by atoms with van der Waals surface area (Å²) in [4.78, 5) is 14.0. The molecule has 0 aromatic carbocycles. The molecule has 2 aliphatic rings. The van der Waals surface area contributed by atoms with Crippen LogP contribution in [0.25, 0.3) is 0 Å². The Balaban J connectivity index is 1.78. The molecule has 1 aromatic rings. The summed E-state index contributed by atoms with van der Waals surface area (Å²) in [6, 6.07) is 0.852. The average Bonchev–Trinajstić information content (AvgIpc) is 3.34. The Morgan fingerprint density at radius 2 is 1.96 bits per heavy atom. The minimum Gasteiger partial charge on any atom is -0.390 e. The van der Waals surface area contributed by atoms with Crippen LogP contribution in [-0.4, -0.2) is 58.7 Å². The van der Waals surface area contributed by atoms with Gasteiger partial charge in [0.25, 0.3) is 5.56 Å². The van der Waals surface area contributed by atoms with E-state index in [9.17, 15) is 23.1 Å². The lowest BCUT2D eigenvalue weighted by Crippen LogP contribution is -2.43. The van der Waals surface area contributed by atoms with Crippen LogP contribution in [0.15, 0.2) is 10.9 Å². The van der Waals surface area contributed by atoms with Gasteiger partial charge in [0.1, 0.15) is 5.56 Å². The number of aliphatic hydroxyl groups excluding tert-OH is 1. The molecule has 1 atom stereocenters. The molecule has 1 saturated heterocycles. The predicted molar refractivity (Wildman–Crippen MR) is 78.7 cm³/mol. The van der Waals surface area contributed by atoms with Crippen LogP contribution in [0.3, 0.4) is 0 Å². The first-order valence-corrected chi connectivity index (χ1v) is 8.02. The second-order valence-corrected chi connectivity index (χ2v) is 6.31. The van der Waals surface area contributed by atoms with E-state index < -0.39 is 23.4 Å². The van der Waals surface area contributed by atoms with Crippen molar-refractivity contribution in [3.05, 3.63) is 27.7 Å². The number of rotatable bonds is 5. The number of nitrogens with zero attached hydrogens (tertiary/aromatic N) is 3. The first-order chi connectivity index (χ1) is 11.3. The number of β-amino-alcohol motifs (C(OH)–C–C–N with tert-alkyl or cyclic N) is 1. The van der Waals surface area contributed by atoms with Gasteiger partial charge in [-0.3, -0.25) is 9.69 Å². The van der Waals surface area contributed by atoms with E-state index in [4.69, 9.17) is 4.74 Å². The van der Waals surface area contributed by atoms with Crippen molar-refractivity contribution >= 4 is 0 Å². The van der Waals surface area contributed by atoms with Crippen molar-refractivity contribution in [2.75, 3.05) is 32.8 Å². The van der Waals surface area contributed by atoms with E-state index in [2.05, 4.69) is 5.10 Å². The van der Waals surface area contributed by atoms with Crippen molar-refractivity contribution in [2.45, 2.75) is 37.6 Å². The van der Waals surface area contributed by atoms with Crippen molar-refractivity contribution in [3.63, 3.8) is 0 Å². The van der Waals surface area contributed by atoms with Crippen LogP contribution < -0.4 is 5.56 Å². The van der Waals surface area contributed by atoms with Crippen molar-refractivity contribution < 1.29 is 23.0 Å². The zero-order chi connectivity index (χ0) is 17.3. The molecule has 2 heterocycles. The second-order valence-electron chi connectivity index (χ2n) is 6.31. The number of hydrogen-bond acceptors (Lipinski definition) is 5. The highest BCUT2D eigenvalue weighted by Gasteiger charge is 2.37. The quantitative estimate of drug-likeness (QED) is 0.855. The maximum atomic E-state index is 13.1. The molecule has 24 heavy (non-hydrogen) atoms. The fraction of sp³-hybridized carbons (Fsp3) is 0.733. The number of ether oxygens (including phenoxy) is 1. The van der Waals surface area contributed by atoms with E-state index in [1.807, 2.05) is 4.90 Å². The first kappa shape index (κ1) is 17.4. The average molecular weight is 347 g/mol. The molecule has 1 aliphatic carbocycles. The van der Waals surface area contributed by atoms with Crippen LogP contribution >= 0.6 is 0 Å². The number of morpholine rings is 1. The van der Waals surface area contributed by atoms with Crippen molar-refractivity contribution in [1.82, 2.24) is 14.7 Å². The van der Waals surface area contributed by atoms with Crippen molar-refractivity contribution in [2.24, 2.45) is 0 Å². The third-order valence-corrected chi connectivity index (χ3v) is 4.25. The lowest BCUT2D eigenvalue weighted by atomic mass is 10.2. The van der Waals surface area contributed by atoms with Gasteiger partial charge in [-0.1, -0.05) is 0 Å². The molecular formula is C15H20F3N3O3. The fourth-order valence-electron chi connectivity index (χ4n) is 2.81. The van der Waals surface area contributed by atoms with Gasteiger partial charge in [-0.25, -0.2) is 4.68 Å². The van der Waals surface area contributed by atoms with E-state index in [0.717, 1.165) is 23.6 Å². The summed E-state index contributed by atoms with van der Waals surface area (Å²) in [5.41, 5.74) is -2.13. The van der Waals surface area contributed by atoms with Crippen LogP contribution in [-0.2, 0) is 17.5 Å². The highest BCUT2D eigenvalue weighted by Crippen LogP contribution is 2.40. The molecule has 0 amide bonds. The highest BCUT2D eigenvalue weighted by atomic mass is 19.4. The minimum atomic E-state index is -4.72. The maximum Gasteiger partial charge on any atom is 0.421 e. The first-order valence-electron chi connectivity index (χ1n) is 8.02. The number of alkyl halides is 3. The van der Waals surface area contributed by atoms with Crippen LogP contribution in [0.2, 0.25) is 0 Å². The summed E-state index contributed by atoms with van der Waals surface area (Å²) in [7, 11) is 0. The second kappa shape index (κ2) is 6.81. The maximum absolute atomic E-state index is 13.1. The number of hydrogen-bond donors (Lipinski definition) is 1. The van der Waals surface area contributed by atoms with Crippen LogP contribution in [0.5, 0.6) is 0 Å². The lowest BCUT2D eigenvalue weighted by Gasteiger charge is -2.28. The Bertz CT molecular complexity index is 637. The smallest absolute Gasteiger partial charge is 0.390 e. The molecule has 1 aromatic heterocycles. The Kier molecular flexibility index (Phi) is 4.93. The Hall–Kier alpha value is -1.45. The molecule has 0 unspecified atom stereocenters. The summed E-state index contributed by atoms with van der Waals surface area (Å²) in [6.07, 6.45) is -4.14. The lowest BCUT2D eigenvalue weighted by molar-refractivity contribution is -0.139. The molecule has 0 radical (unpaired) electrons. The molecule has 9 heteroatoms. The Morgan fingerprint density at radius 3 is 2.54 bits per heavy atom. The van der Waals surface area contributed by atoms with Crippen LogP contribution in [0, 0.1) is 0 Å². The van der Waals surface area contributed by atoms with E-state index in [1.54, 1.807) is 0 Å². The molecular weight excluding hydrogens is 327 g/mol. The Morgan fingerprint density at radius 1 is 1.29 bits per heavy atom. The van der Waals surface area contributed by atoms with E-state index >= 15 is 0 Å². The number of aliphatic hydroxyl groups is 1.